The molecule has 0 bridgehead atoms. The van der Waals surface area contributed by atoms with Crippen LogP contribution in [0.15, 0.2) is 67.8 Å². The summed E-state index contributed by atoms with van der Waals surface area (Å²) in [4.78, 5) is 0. The highest BCUT2D eigenvalue weighted by Crippen LogP contribution is 2.24. The zero-order chi connectivity index (χ0) is 14.6. The molecule has 0 aliphatic heterocycles. The third-order valence-electron chi connectivity index (χ3n) is 2.31. The number of rotatable bonds is 3. The molecule has 0 unspecified atom stereocenters. The summed E-state index contributed by atoms with van der Waals surface area (Å²) in [6, 6.07) is 9.66. The van der Waals surface area contributed by atoms with E-state index in [9.17, 15) is 0 Å². The monoisotopic (exact) mass is 260 g/mol. The predicted octanol–water partition coefficient (Wildman–Crippen LogP) is 4.75. The Morgan fingerprint density at radius 1 is 1.00 bits per heavy atom. The van der Waals surface area contributed by atoms with Crippen LogP contribution in [0.1, 0.15) is 20.3 Å². The van der Waals surface area contributed by atoms with Crippen LogP contribution >= 0.6 is 0 Å². The van der Waals surface area contributed by atoms with Gasteiger partial charge in [-0.3, -0.25) is 0 Å². The highest BCUT2D eigenvalue weighted by atomic mass is 16.7. The van der Waals surface area contributed by atoms with Crippen molar-refractivity contribution in [3.05, 3.63) is 67.8 Å². The van der Waals surface area contributed by atoms with Crippen LogP contribution in [0.25, 0.3) is 0 Å². The predicted molar refractivity (Wildman–Crippen MR) is 82.3 cm³/mol. The van der Waals surface area contributed by atoms with Crippen LogP contribution in [0.2, 0.25) is 0 Å². The van der Waals surface area contributed by atoms with Gasteiger partial charge in [0.15, 0.2) is 0 Å². The molecule has 1 aromatic rings. The van der Waals surface area contributed by atoms with Crippen LogP contribution in [0.3, 0.4) is 0 Å². The van der Waals surface area contributed by atoms with Gasteiger partial charge in [0.25, 0.3) is 0 Å². The summed E-state index contributed by atoms with van der Waals surface area (Å²) in [5.41, 5.74) is 0. The fourth-order valence-corrected chi connectivity index (χ4v) is 1.52. The Hall–Kier alpha value is -1.80. The van der Waals surface area contributed by atoms with Gasteiger partial charge in [-0.1, -0.05) is 44.2 Å². The van der Waals surface area contributed by atoms with Gasteiger partial charge in [0, 0.05) is 7.11 Å². The molecule has 0 aromatic heterocycles. The second-order valence-electron chi connectivity index (χ2n) is 3.38. The Bertz CT molecular complexity index is 368. The molecule has 1 aromatic carbocycles. The molecular weight excluding hydrogens is 236 g/mol. The molecule has 2 rings (SSSR count). The maximum atomic E-state index is 5.80. The van der Waals surface area contributed by atoms with Crippen molar-refractivity contribution in [2.45, 2.75) is 26.1 Å². The van der Waals surface area contributed by atoms with Gasteiger partial charge in [0.2, 0.25) is 5.79 Å². The number of benzene rings is 1. The van der Waals surface area contributed by atoms with Gasteiger partial charge in [-0.25, -0.2) is 0 Å². The SMILES string of the molecule is C=C.CC.COC1(Oc2ccccc2)C=CCC=C1. The van der Waals surface area contributed by atoms with Crippen molar-refractivity contribution in [2.24, 2.45) is 0 Å². The van der Waals surface area contributed by atoms with E-state index in [4.69, 9.17) is 9.47 Å². The van der Waals surface area contributed by atoms with E-state index in [-0.39, 0.29) is 0 Å². The van der Waals surface area contributed by atoms with Crippen LogP contribution in [-0.2, 0) is 4.74 Å². The van der Waals surface area contributed by atoms with Gasteiger partial charge < -0.3 is 9.47 Å². The number of ether oxygens (including phenoxy) is 2. The zero-order valence-corrected chi connectivity index (χ0v) is 12.1. The van der Waals surface area contributed by atoms with Crippen LogP contribution in [-0.4, -0.2) is 12.9 Å². The third kappa shape index (κ3) is 5.58. The van der Waals surface area contributed by atoms with Crippen LogP contribution in [0, 0.1) is 0 Å². The molecule has 0 amide bonds. The lowest BCUT2D eigenvalue weighted by Crippen LogP contribution is -2.34. The number of methoxy groups -OCH3 is 1. The van der Waals surface area contributed by atoms with Crippen molar-refractivity contribution < 1.29 is 9.47 Å². The molecule has 0 fully saturated rings. The lowest BCUT2D eigenvalue weighted by molar-refractivity contribution is -0.0860. The molecule has 0 saturated heterocycles. The van der Waals surface area contributed by atoms with Gasteiger partial charge in [-0.05, 0) is 30.7 Å². The summed E-state index contributed by atoms with van der Waals surface area (Å²) in [5, 5.41) is 0. The van der Waals surface area contributed by atoms with E-state index in [1.807, 2.05) is 68.5 Å². The minimum atomic E-state index is -0.737. The van der Waals surface area contributed by atoms with Crippen molar-refractivity contribution in [2.75, 3.05) is 7.11 Å². The first-order chi connectivity index (χ1) is 9.35. The summed E-state index contributed by atoms with van der Waals surface area (Å²) in [6.07, 6.45) is 8.86. The summed E-state index contributed by atoms with van der Waals surface area (Å²) >= 11 is 0. The van der Waals surface area contributed by atoms with Crippen LogP contribution in [0.4, 0.5) is 0 Å². The summed E-state index contributed by atoms with van der Waals surface area (Å²) in [6.45, 7) is 10.0. The maximum Gasteiger partial charge on any atom is 0.250 e. The molecule has 0 spiro atoms. The summed E-state index contributed by atoms with van der Waals surface area (Å²) < 4.78 is 11.2. The minimum Gasteiger partial charge on any atom is -0.455 e. The lowest BCUT2D eigenvalue weighted by Gasteiger charge is -2.28. The molecule has 0 saturated carbocycles. The van der Waals surface area contributed by atoms with Crippen LogP contribution in [0.5, 0.6) is 5.75 Å². The van der Waals surface area contributed by atoms with Gasteiger partial charge in [-0.15, -0.1) is 13.2 Å². The van der Waals surface area contributed by atoms with E-state index < -0.39 is 5.79 Å². The molecule has 2 heteroatoms. The zero-order valence-electron chi connectivity index (χ0n) is 12.1. The first-order valence-corrected chi connectivity index (χ1v) is 6.49. The van der Waals surface area contributed by atoms with Crippen molar-refractivity contribution in [1.82, 2.24) is 0 Å². The Morgan fingerprint density at radius 3 is 2.00 bits per heavy atom. The molecule has 19 heavy (non-hydrogen) atoms. The molecule has 104 valence electrons. The fourth-order valence-electron chi connectivity index (χ4n) is 1.52. The average molecular weight is 260 g/mol. The highest BCUT2D eigenvalue weighted by molar-refractivity contribution is 5.26. The van der Waals surface area contributed by atoms with E-state index >= 15 is 0 Å². The molecule has 0 N–H and O–H groups in total. The van der Waals surface area contributed by atoms with Gasteiger partial charge >= 0.3 is 0 Å². The van der Waals surface area contributed by atoms with Crippen molar-refractivity contribution in [3.63, 3.8) is 0 Å². The van der Waals surface area contributed by atoms with E-state index in [2.05, 4.69) is 13.2 Å². The standard InChI is InChI=1S/C13H14O2.C2H6.C2H4/c1-14-13(10-6-3-7-11-13)15-12-8-4-2-5-9-12;2*1-2/h2,4-11H,3H2,1H3;1-2H3;1-2H2. The normalized spacial score (nSPS) is 14.5. The van der Waals surface area contributed by atoms with Gasteiger partial charge in [0.1, 0.15) is 5.75 Å². The van der Waals surface area contributed by atoms with E-state index in [0.717, 1.165) is 12.2 Å². The van der Waals surface area contributed by atoms with Crippen LogP contribution < -0.4 is 4.74 Å². The molecule has 2 nitrogen and oxygen atoms in total. The number of allylic oxidation sites excluding steroid dienone is 2. The maximum absolute atomic E-state index is 5.80. The average Bonchev–Trinajstić information content (AvgIpc) is 2.53. The molecule has 0 atom stereocenters. The number of hydrogen-bond donors (Lipinski definition) is 0. The van der Waals surface area contributed by atoms with E-state index in [1.165, 1.54) is 0 Å². The first-order valence-electron chi connectivity index (χ1n) is 6.49. The van der Waals surface area contributed by atoms with E-state index in [0.29, 0.717) is 0 Å². The Labute approximate surface area is 117 Å². The minimum absolute atomic E-state index is 0.737. The molecular formula is C17H24O2. The van der Waals surface area contributed by atoms with Crippen molar-refractivity contribution >= 4 is 0 Å². The third-order valence-corrected chi connectivity index (χ3v) is 2.31. The first kappa shape index (κ1) is 17.2. The lowest BCUT2D eigenvalue weighted by atomic mass is 10.1. The quantitative estimate of drug-likeness (QED) is 0.576. The molecule has 1 aliphatic rings. The summed E-state index contributed by atoms with van der Waals surface area (Å²) in [7, 11) is 1.64. The van der Waals surface area contributed by atoms with Gasteiger partial charge in [0.05, 0.1) is 0 Å². The number of para-hydroxylation sites is 1. The highest BCUT2D eigenvalue weighted by Gasteiger charge is 2.26. The Balaban J connectivity index is 0.000000741. The fraction of sp³-hybridized carbons (Fsp3) is 0.294. The van der Waals surface area contributed by atoms with Crippen molar-refractivity contribution in [1.29, 1.82) is 0 Å². The second-order valence-corrected chi connectivity index (χ2v) is 3.38. The van der Waals surface area contributed by atoms with Gasteiger partial charge in [-0.2, -0.15) is 0 Å². The summed E-state index contributed by atoms with van der Waals surface area (Å²) in [5.74, 6) is 0.0649. The van der Waals surface area contributed by atoms with Crippen molar-refractivity contribution in [3.8, 4) is 5.75 Å². The van der Waals surface area contributed by atoms with E-state index in [1.54, 1.807) is 7.11 Å². The molecule has 0 radical (unpaired) electrons. The Kier molecular flexibility index (Phi) is 9.19. The molecule has 0 heterocycles. The second kappa shape index (κ2) is 10.2. The Morgan fingerprint density at radius 2 is 1.53 bits per heavy atom. The smallest absolute Gasteiger partial charge is 0.250 e. The number of hydrogen-bond acceptors (Lipinski definition) is 2. The molecule has 1 aliphatic carbocycles. The largest absolute Gasteiger partial charge is 0.455 e. The topological polar surface area (TPSA) is 18.5 Å².